The van der Waals surface area contributed by atoms with Gasteiger partial charge >= 0.3 is 23.7 Å². The summed E-state index contributed by atoms with van der Waals surface area (Å²) in [4.78, 5) is 18.5. The maximum absolute atomic E-state index is 13.9. The molecule has 0 aliphatic carbocycles. The van der Waals surface area contributed by atoms with Gasteiger partial charge in [-0.25, -0.2) is 0 Å². The van der Waals surface area contributed by atoms with Crippen molar-refractivity contribution in [2.45, 2.75) is 17.8 Å². The summed E-state index contributed by atoms with van der Waals surface area (Å²) in [6.07, 6.45) is -12.5. The van der Waals surface area contributed by atoms with Crippen LogP contribution in [0, 0.1) is 31.9 Å². The van der Waals surface area contributed by atoms with Crippen LogP contribution >= 0.6 is 0 Å². The molecule has 0 bridgehead atoms. The molecule has 0 aromatic heterocycles. The van der Waals surface area contributed by atoms with Crippen LogP contribution in [0.4, 0.5) is 46.5 Å². The van der Waals surface area contributed by atoms with Crippen molar-refractivity contribution in [3.8, 4) is 0 Å². The van der Waals surface area contributed by atoms with E-state index in [0.717, 1.165) is 0 Å². The molecular formula is C15H6F8N2O4. The van der Waals surface area contributed by atoms with Gasteiger partial charge < -0.3 is 0 Å². The zero-order chi connectivity index (χ0) is 22.4. The fraction of sp³-hybridized carbons (Fsp3) is 0.200. The van der Waals surface area contributed by atoms with Gasteiger partial charge in [0.15, 0.2) is 0 Å². The Labute approximate surface area is 154 Å². The van der Waals surface area contributed by atoms with E-state index in [4.69, 9.17) is 0 Å². The van der Waals surface area contributed by atoms with E-state index >= 15 is 0 Å². The summed E-state index contributed by atoms with van der Waals surface area (Å²) >= 11 is 0. The molecule has 14 heteroatoms. The van der Waals surface area contributed by atoms with Crippen molar-refractivity contribution < 1.29 is 45.0 Å². The number of alkyl halides is 6. The topological polar surface area (TPSA) is 86.3 Å². The second-order valence-electron chi connectivity index (χ2n) is 5.59. The summed E-state index contributed by atoms with van der Waals surface area (Å²) in [5, 5.41) is 21.6. The largest absolute Gasteiger partial charge is 0.411 e. The predicted molar refractivity (Wildman–Crippen MR) is 79.0 cm³/mol. The van der Waals surface area contributed by atoms with E-state index < -0.39 is 61.8 Å². The molecule has 0 radical (unpaired) electrons. The van der Waals surface area contributed by atoms with Gasteiger partial charge in [-0.3, -0.25) is 20.2 Å². The molecule has 0 N–H and O–H groups in total. The van der Waals surface area contributed by atoms with E-state index in [1.807, 2.05) is 0 Å². The number of nitrogens with zero attached hydrogens (tertiary/aromatic N) is 2. The summed E-state index contributed by atoms with van der Waals surface area (Å²) < 4.78 is 110. The first-order chi connectivity index (χ1) is 13.1. The molecule has 0 aliphatic rings. The first kappa shape index (κ1) is 22.0. The molecule has 0 atom stereocenters. The van der Waals surface area contributed by atoms with Gasteiger partial charge in [-0.05, 0) is 23.3 Å². The van der Waals surface area contributed by atoms with Crippen LogP contribution in [0.15, 0.2) is 36.4 Å². The zero-order valence-corrected chi connectivity index (χ0v) is 13.5. The van der Waals surface area contributed by atoms with E-state index in [1.54, 1.807) is 0 Å². The summed E-state index contributed by atoms with van der Waals surface area (Å²) in [7, 11) is 0. The van der Waals surface area contributed by atoms with Crippen LogP contribution in [0.5, 0.6) is 0 Å². The van der Waals surface area contributed by atoms with Crippen molar-refractivity contribution in [2.75, 3.05) is 0 Å². The molecule has 2 aromatic carbocycles. The molecule has 0 saturated heterocycles. The normalized spacial score (nSPS) is 12.7. The highest BCUT2D eigenvalue weighted by Gasteiger charge is 2.73. The van der Waals surface area contributed by atoms with Gasteiger partial charge in [0.2, 0.25) is 17.0 Å². The molecule has 0 saturated carbocycles. The molecule has 2 rings (SSSR count). The molecule has 0 unspecified atom stereocenters. The van der Waals surface area contributed by atoms with Crippen LogP contribution in [0.2, 0.25) is 0 Å². The molecule has 0 fully saturated rings. The summed E-state index contributed by atoms with van der Waals surface area (Å²) in [5.41, 5.74) is -12.1. The Bertz CT molecular complexity index is 908. The van der Waals surface area contributed by atoms with Crippen molar-refractivity contribution in [3.05, 3.63) is 79.4 Å². The van der Waals surface area contributed by atoms with Crippen molar-refractivity contribution in [3.63, 3.8) is 0 Å². The quantitative estimate of drug-likeness (QED) is 0.380. The average Bonchev–Trinajstić information content (AvgIpc) is 2.55. The lowest BCUT2D eigenvalue weighted by molar-refractivity contribution is -0.387. The standard InChI is InChI=1S/C15H6F8N2O4/c16-9-3-1-7(5-11(9)24(26)27)13(14(18,19)20,15(21,22)23)8-2-4-10(17)12(6-8)25(28)29/h1-6H. The Morgan fingerprint density at radius 2 is 0.966 bits per heavy atom. The Morgan fingerprint density at radius 1 is 0.655 bits per heavy atom. The van der Waals surface area contributed by atoms with Crippen molar-refractivity contribution in [1.82, 2.24) is 0 Å². The summed E-state index contributed by atoms with van der Waals surface area (Å²) in [5.74, 6) is -3.41. The monoisotopic (exact) mass is 430 g/mol. The maximum Gasteiger partial charge on any atom is 0.411 e. The Balaban J connectivity index is 3.04. The second kappa shape index (κ2) is 6.93. The Hall–Kier alpha value is -3.32. The molecule has 2 aromatic rings. The van der Waals surface area contributed by atoms with Crippen LogP contribution in [0.25, 0.3) is 0 Å². The molecule has 0 heterocycles. The third kappa shape index (κ3) is 3.45. The highest BCUT2D eigenvalue weighted by Crippen LogP contribution is 2.57. The summed E-state index contributed by atoms with van der Waals surface area (Å²) in [6.45, 7) is 0. The Kier molecular flexibility index (Phi) is 5.25. The van der Waals surface area contributed by atoms with Crippen molar-refractivity contribution in [2.24, 2.45) is 0 Å². The maximum atomic E-state index is 13.9. The molecule has 0 amide bonds. The SMILES string of the molecule is O=[N+]([O-])c1cc(C(c2ccc(F)c([N+](=O)[O-])c2)(C(F)(F)F)C(F)(F)F)ccc1F. The van der Waals surface area contributed by atoms with Crippen molar-refractivity contribution >= 4 is 11.4 Å². The number of nitro groups is 2. The van der Waals surface area contributed by atoms with Gasteiger partial charge in [0.25, 0.3) is 0 Å². The molecule has 0 aliphatic heterocycles. The van der Waals surface area contributed by atoms with E-state index in [9.17, 15) is 55.4 Å². The van der Waals surface area contributed by atoms with Gasteiger partial charge in [0.05, 0.1) is 9.85 Å². The first-order valence-electron chi connectivity index (χ1n) is 7.17. The number of nitro benzene ring substituents is 2. The number of benzene rings is 2. The lowest BCUT2D eigenvalue weighted by atomic mass is 9.72. The average molecular weight is 430 g/mol. The number of rotatable bonds is 4. The fourth-order valence-corrected chi connectivity index (χ4v) is 2.75. The van der Waals surface area contributed by atoms with Gasteiger partial charge in [-0.2, -0.15) is 35.1 Å². The summed E-state index contributed by atoms with van der Waals surface area (Å²) in [6, 6.07) is -0.469. The van der Waals surface area contributed by atoms with Crippen LogP contribution < -0.4 is 0 Å². The predicted octanol–water partition coefficient (Wildman–Crippen LogP) is 5.19. The highest BCUT2D eigenvalue weighted by molar-refractivity contribution is 5.51. The van der Waals surface area contributed by atoms with Crippen LogP contribution in [0.3, 0.4) is 0 Å². The van der Waals surface area contributed by atoms with Crippen LogP contribution in [-0.2, 0) is 5.41 Å². The third-order valence-corrected chi connectivity index (χ3v) is 4.00. The minimum absolute atomic E-state index is 0.0124. The van der Waals surface area contributed by atoms with Crippen LogP contribution in [0.1, 0.15) is 11.1 Å². The number of halogens is 8. The van der Waals surface area contributed by atoms with Gasteiger partial charge in [-0.1, -0.05) is 12.1 Å². The molecular weight excluding hydrogens is 424 g/mol. The van der Waals surface area contributed by atoms with E-state index in [1.165, 1.54) is 0 Å². The fourth-order valence-electron chi connectivity index (χ4n) is 2.75. The molecule has 6 nitrogen and oxygen atoms in total. The van der Waals surface area contributed by atoms with Gasteiger partial charge in [0.1, 0.15) is 0 Å². The highest BCUT2D eigenvalue weighted by atomic mass is 19.4. The van der Waals surface area contributed by atoms with Crippen LogP contribution in [-0.4, -0.2) is 22.2 Å². The molecule has 0 spiro atoms. The van der Waals surface area contributed by atoms with E-state index in [-0.39, 0.29) is 36.4 Å². The number of hydrogen-bond acceptors (Lipinski definition) is 4. The van der Waals surface area contributed by atoms with Crippen molar-refractivity contribution in [1.29, 1.82) is 0 Å². The minimum atomic E-state index is -6.26. The smallest absolute Gasteiger partial charge is 0.258 e. The minimum Gasteiger partial charge on any atom is -0.258 e. The zero-order valence-electron chi connectivity index (χ0n) is 13.5. The first-order valence-corrected chi connectivity index (χ1v) is 7.17. The van der Waals surface area contributed by atoms with E-state index in [2.05, 4.69) is 0 Å². The number of hydrogen-bond donors (Lipinski definition) is 0. The lowest BCUT2D eigenvalue weighted by Crippen LogP contribution is -2.54. The van der Waals surface area contributed by atoms with E-state index in [0.29, 0.717) is 0 Å². The molecule has 29 heavy (non-hydrogen) atoms. The molecule has 156 valence electrons. The second-order valence-corrected chi connectivity index (χ2v) is 5.59. The van der Waals surface area contributed by atoms with Gasteiger partial charge in [0, 0.05) is 12.1 Å². The lowest BCUT2D eigenvalue weighted by Gasteiger charge is -2.38. The van der Waals surface area contributed by atoms with Gasteiger partial charge in [-0.15, -0.1) is 0 Å². The Morgan fingerprint density at radius 3 is 1.21 bits per heavy atom. The third-order valence-electron chi connectivity index (χ3n) is 4.00.